The van der Waals surface area contributed by atoms with Crippen LogP contribution in [0.15, 0.2) is 61.1 Å². The fraction of sp³-hybridized carbons (Fsp3) is 0.357. The van der Waals surface area contributed by atoms with E-state index in [1.54, 1.807) is 30.5 Å². The van der Waals surface area contributed by atoms with Crippen LogP contribution in [0, 0.1) is 5.92 Å². The summed E-state index contributed by atoms with van der Waals surface area (Å²) in [6.45, 7) is 3.34. The Morgan fingerprint density at radius 2 is 1.90 bits per heavy atom. The second kappa shape index (κ2) is 11.3. The third-order valence-corrected chi connectivity index (χ3v) is 8.90. The molecule has 0 bridgehead atoms. The molecule has 0 aliphatic carbocycles. The van der Waals surface area contributed by atoms with Crippen molar-refractivity contribution < 1.29 is 32.3 Å². The number of carbonyl (C=O) groups is 4. The largest absolute Gasteiger partial charge is 0.413 e. The minimum absolute atomic E-state index is 0.00246. The number of nitrogens with zero attached hydrogens (tertiary/aromatic N) is 4. The van der Waals surface area contributed by atoms with E-state index >= 15 is 0 Å². The van der Waals surface area contributed by atoms with Gasteiger partial charge in [0.15, 0.2) is 5.78 Å². The van der Waals surface area contributed by atoms with Gasteiger partial charge in [-0.1, -0.05) is 19.9 Å². The number of likely N-dealkylation sites (tertiary alicyclic amines) is 1. The highest BCUT2D eigenvalue weighted by atomic mass is 32.2. The number of ketones is 1. The van der Waals surface area contributed by atoms with Crippen molar-refractivity contribution in [3.63, 3.8) is 0 Å². The predicted octanol–water partition coefficient (Wildman–Crippen LogP) is 2.16. The number of carbonyl (C=O) groups excluding carboxylic acids is 4. The maximum Gasteiger partial charge on any atom is 0.413 e. The molecule has 214 valence electrons. The summed E-state index contributed by atoms with van der Waals surface area (Å²) in [6, 6.07) is 8.39. The van der Waals surface area contributed by atoms with Crippen LogP contribution in [-0.2, 0) is 19.6 Å². The van der Waals surface area contributed by atoms with Gasteiger partial charge < -0.3 is 15.0 Å². The lowest BCUT2D eigenvalue weighted by molar-refractivity contribution is -0.138. The van der Waals surface area contributed by atoms with E-state index in [9.17, 15) is 27.6 Å². The van der Waals surface area contributed by atoms with Gasteiger partial charge in [0, 0.05) is 30.5 Å². The molecule has 0 spiro atoms. The van der Waals surface area contributed by atoms with Gasteiger partial charge in [0.25, 0.3) is 15.1 Å². The molecule has 3 unspecified atom stereocenters. The van der Waals surface area contributed by atoms with Crippen LogP contribution in [0.3, 0.4) is 0 Å². The fourth-order valence-corrected chi connectivity index (χ4v) is 6.87. The Labute approximate surface area is 236 Å². The van der Waals surface area contributed by atoms with E-state index in [4.69, 9.17) is 4.74 Å². The highest BCUT2D eigenvalue weighted by Gasteiger charge is 2.55. The summed E-state index contributed by atoms with van der Waals surface area (Å²) < 4.78 is 32.7. The Morgan fingerprint density at radius 3 is 2.63 bits per heavy atom. The Morgan fingerprint density at radius 1 is 1.12 bits per heavy atom. The summed E-state index contributed by atoms with van der Waals surface area (Å²) in [4.78, 5) is 61.7. The number of ether oxygens (including phenoxy) is 1. The molecule has 2 aliphatic heterocycles. The number of hydrogen-bond donors (Lipinski definition) is 1. The highest BCUT2D eigenvalue weighted by molar-refractivity contribution is 8.04. The lowest BCUT2D eigenvalue weighted by atomic mass is 10.0. The van der Waals surface area contributed by atoms with Gasteiger partial charge in [-0.05, 0) is 55.2 Å². The molecule has 3 atom stereocenters. The zero-order chi connectivity index (χ0) is 29.3. The SMILES string of the molecule is CC(C)CC(NC(=O)Oc1ccc2ncccc2c1)C(=O)N1CCC2C1C(=O)CN2S(=O)(=O)C(=O)c1cccnc1. The van der Waals surface area contributed by atoms with E-state index in [1.165, 1.54) is 23.2 Å². The maximum atomic E-state index is 13.7. The van der Waals surface area contributed by atoms with E-state index in [0.29, 0.717) is 0 Å². The van der Waals surface area contributed by atoms with Crippen LogP contribution in [0.2, 0.25) is 0 Å². The van der Waals surface area contributed by atoms with Gasteiger partial charge in [0.05, 0.1) is 23.7 Å². The van der Waals surface area contributed by atoms with Gasteiger partial charge in [0.2, 0.25) is 5.91 Å². The van der Waals surface area contributed by atoms with E-state index in [0.717, 1.165) is 21.4 Å². The van der Waals surface area contributed by atoms with Crippen LogP contribution in [0.25, 0.3) is 10.9 Å². The number of rotatable bonds is 7. The minimum atomic E-state index is -4.54. The van der Waals surface area contributed by atoms with Crippen molar-refractivity contribution in [2.75, 3.05) is 13.1 Å². The first kappa shape index (κ1) is 28.3. The third-order valence-electron chi connectivity index (χ3n) is 7.18. The number of fused-ring (bicyclic) bond motifs is 2. The number of nitrogens with one attached hydrogen (secondary N) is 1. The van der Waals surface area contributed by atoms with Crippen molar-refractivity contribution in [1.29, 1.82) is 0 Å². The second-order valence-electron chi connectivity index (χ2n) is 10.5. The average Bonchev–Trinajstić information content (AvgIpc) is 3.53. The number of sulfonamides is 1. The molecule has 2 aromatic heterocycles. The Bertz CT molecular complexity index is 1610. The summed E-state index contributed by atoms with van der Waals surface area (Å²) in [5.74, 6) is -0.733. The molecule has 4 heterocycles. The Hall–Kier alpha value is -4.23. The molecule has 1 N–H and O–H groups in total. The molecule has 2 fully saturated rings. The van der Waals surface area contributed by atoms with Crippen LogP contribution in [-0.4, -0.2) is 81.7 Å². The number of pyridine rings is 2. The Kier molecular flexibility index (Phi) is 7.82. The number of aromatic nitrogens is 2. The predicted molar refractivity (Wildman–Crippen MR) is 147 cm³/mol. The summed E-state index contributed by atoms with van der Waals surface area (Å²) >= 11 is 0. The molecule has 2 amide bonds. The standard InChI is InChI=1S/C28H29N5O7S/c1-17(2)13-22(31-28(37)40-20-7-8-21-18(14-20)5-4-11-30-21)26(35)32-12-9-23-25(32)24(34)16-33(23)41(38,39)27(36)19-6-3-10-29-15-19/h3-8,10-11,14-15,17,22-23,25H,9,12-13,16H2,1-2H3,(H,31,37). The molecule has 5 rings (SSSR count). The zero-order valence-electron chi connectivity index (χ0n) is 22.5. The summed E-state index contributed by atoms with van der Waals surface area (Å²) in [5.41, 5.74) is 0.618. The molecule has 41 heavy (non-hydrogen) atoms. The first-order valence-electron chi connectivity index (χ1n) is 13.2. The normalized spacial score (nSPS) is 19.8. The first-order chi connectivity index (χ1) is 19.6. The third kappa shape index (κ3) is 5.68. The van der Waals surface area contributed by atoms with Gasteiger partial charge in [0.1, 0.15) is 17.8 Å². The number of Topliss-reactive ketones (excluding diaryl/α,β-unsaturated/α-hetero) is 1. The van der Waals surface area contributed by atoms with Gasteiger partial charge in [-0.25, -0.2) is 13.2 Å². The maximum absolute atomic E-state index is 13.7. The quantitative estimate of drug-likeness (QED) is 0.443. The Balaban J connectivity index is 1.31. The molecule has 0 saturated carbocycles. The molecule has 13 heteroatoms. The monoisotopic (exact) mass is 579 g/mol. The molecule has 12 nitrogen and oxygen atoms in total. The molecular formula is C28H29N5O7S. The van der Waals surface area contributed by atoms with Crippen molar-refractivity contribution >= 4 is 43.8 Å². The fourth-order valence-electron chi connectivity index (χ4n) is 5.37. The van der Waals surface area contributed by atoms with Gasteiger partial charge in [-0.3, -0.25) is 24.4 Å². The topological polar surface area (TPSA) is 156 Å². The van der Waals surface area contributed by atoms with Crippen molar-refractivity contribution in [3.05, 3.63) is 66.6 Å². The first-order valence-corrected chi connectivity index (χ1v) is 14.6. The van der Waals surface area contributed by atoms with E-state index in [1.807, 2.05) is 19.9 Å². The van der Waals surface area contributed by atoms with E-state index in [2.05, 4.69) is 15.3 Å². The van der Waals surface area contributed by atoms with Crippen LogP contribution < -0.4 is 10.1 Å². The lowest BCUT2D eigenvalue weighted by Gasteiger charge is -2.28. The van der Waals surface area contributed by atoms with E-state index in [-0.39, 0.29) is 36.6 Å². The van der Waals surface area contributed by atoms with Crippen LogP contribution in [0.4, 0.5) is 4.79 Å². The number of amides is 2. The molecule has 3 aromatic rings. The van der Waals surface area contributed by atoms with Crippen LogP contribution >= 0.6 is 0 Å². The molecule has 0 radical (unpaired) electrons. The van der Waals surface area contributed by atoms with Crippen LogP contribution in [0.1, 0.15) is 37.0 Å². The van der Waals surface area contributed by atoms with Crippen LogP contribution in [0.5, 0.6) is 5.75 Å². The smallest absolute Gasteiger partial charge is 0.410 e. The van der Waals surface area contributed by atoms with Crippen molar-refractivity contribution in [2.24, 2.45) is 5.92 Å². The number of hydrogen-bond acceptors (Lipinski definition) is 9. The molecule has 2 aliphatic rings. The molecule has 2 saturated heterocycles. The zero-order valence-corrected chi connectivity index (χ0v) is 23.3. The number of benzene rings is 1. The van der Waals surface area contributed by atoms with Gasteiger partial charge in [-0.2, -0.15) is 4.31 Å². The molecule has 1 aromatic carbocycles. The summed E-state index contributed by atoms with van der Waals surface area (Å²) in [6.07, 6.45) is 3.81. The highest BCUT2D eigenvalue weighted by Crippen LogP contribution is 2.33. The van der Waals surface area contributed by atoms with Gasteiger partial charge in [-0.15, -0.1) is 0 Å². The van der Waals surface area contributed by atoms with E-state index < -0.39 is 57.6 Å². The van der Waals surface area contributed by atoms with Crippen molar-refractivity contribution in [3.8, 4) is 5.75 Å². The summed E-state index contributed by atoms with van der Waals surface area (Å²) in [7, 11) is -4.54. The van der Waals surface area contributed by atoms with Crippen molar-refractivity contribution in [2.45, 2.75) is 44.8 Å². The van der Waals surface area contributed by atoms with Gasteiger partial charge >= 0.3 is 6.09 Å². The summed E-state index contributed by atoms with van der Waals surface area (Å²) in [5, 5.41) is 2.24. The molecular weight excluding hydrogens is 550 g/mol. The second-order valence-corrected chi connectivity index (χ2v) is 12.2. The average molecular weight is 580 g/mol. The lowest BCUT2D eigenvalue weighted by Crippen LogP contribution is -2.53. The minimum Gasteiger partial charge on any atom is -0.410 e. The van der Waals surface area contributed by atoms with Crippen molar-refractivity contribution in [1.82, 2.24) is 24.5 Å².